The topological polar surface area (TPSA) is 90.6 Å². The largest absolute Gasteiger partial charge is 0.395 e. The number of carbonyl (C=O) groups excluding carboxylic acids is 1. The van der Waals surface area contributed by atoms with Crippen LogP contribution in [0.2, 0.25) is 5.02 Å². The van der Waals surface area contributed by atoms with Gasteiger partial charge in [0.05, 0.1) is 24.9 Å². The highest BCUT2D eigenvalue weighted by molar-refractivity contribution is 6.30. The first kappa shape index (κ1) is 21.8. The molecule has 1 aliphatic heterocycles. The fourth-order valence-electron chi connectivity index (χ4n) is 3.52. The number of aromatic nitrogens is 2. The number of halogens is 1. The Hall–Kier alpha value is -1.93. The van der Waals surface area contributed by atoms with E-state index in [1.807, 2.05) is 32.9 Å². The number of carbonyl (C=O) groups is 1. The van der Waals surface area contributed by atoms with Crippen LogP contribution >= 0.6 is 11.6 Å². The van der Waals surface area contributed by atoms with E-state index >= 15 is 0 Å². The Morgan fingerprint density at radius 1 is 1.24 bits per heavy atom. The summed E-state index contributed by atoms with van der Waals surface area (Å²) in [6.45, 7) is 8.36. The van der Waals surface area contributed by atoms with E-state index in [9.17, 15) is 15.0 Å². The molecule has 0 radical (unpaired) electrons. The molecular weight excluding hydrogens is 392 g/mol. The van der Waals surface area contributed by atoms with Crippen LogP contribution in [0.3, 0.4) is 0 Å². The minimum absolute atomic E-state index is 0.0658. The Labute approximate surface area is 176 Å². The monoisotopic (exact) mass is 420 g/mol. The van der Waals surface area contributed by atoms with E-state index in [1.165, 1.54) is 0 Å². The standard InChI is InChI=1S/C21H29ClN4O3/c1-21(2,3)17(13-28)23-20(29)18-16-12-25(10-11-27)8-9-26(16)19(24-18)14-4-6-15(22)7-5-14/h4-7,17,27-28H,8-13H2,1-3H3,(H,23,29)/t17-/m1/s1. The third-order valence-corrected chi connectivity index (χ3v) is 5.60. The lowest BCUT2D eigenvalue weighted by Crippen LogP contribution is -2.46. The Balaban J connectivity index is 1.99. The summed E-state index contributed by atoms with van der Waals surface area (Å²) in [6, 6.07) is 7.02. The predicted octanol–water partition coefficient (Wildman–Crippen LogP) is 2.15. The summed E-state index contributed by atoms with van der Waals surface area (Å²) in [5.74, 6) is 0.426. The van der Waals surface area contributed by atoms with Crippen molar-refractivity contribution in [3.05, 3.63) is 40.7 Å². The molecule has 1 aromatic heterocycles. The summed E-state index contributed by atoms with van der Waals surface area (Å²) in [6.07, 6.45) is 0. The Morgan fingerprint density at radius 3 is 2.52 bits per heavy atom. The van der Waals surface area contributed by atoms with Crippen LogP contribution in [0.1, 0.15) is 37.0 Å². The van der Waals surface area contributed by atoms with E-state index in [2.05, 4.69) is 14.8 Å². The van der Waals surface area contributed by atoms with Crippen LogP contribution in [0, 0.1) is 5.41 Å². The van der Waals surface area contributed by atoms with Crippen molar-refractivity contribution in [2.45, 2.75) is 39.9 Å². The molecule has 0 aliphatic carbocycles. The molecule has 3 rings (SSSR count). The minimum atomic E-state index is -0.386. The van der Waals surface area contributed by atoms with Gasteiger partial charge in [-0.3, -0.25) is 9.69 Å². The van der Waals surface area contributed by atoms with Gasteiger partial charge in [0, 0.05) is 36.8 Å². The molecule has 8 heteroatoms. The summed E-state index contributed by atoms with van der Waals surface area (Å²) >= 11 is 6.02. The average Bonchev–Trinajstić information content (AvgIpc) is 3.05. The van der Waals surface area contributed by atoms with E-state index in [1.54, 1.807) is 12.1 Å². The molecule has 7 nitrogen and oxygen atoms in total. The molecule has 0 saturated heterocycles. The molecule has 0 spiro atoms. The molecule has 29 heavy (non-hydrogen) atoms. The lowest BCUT2D eigenvalue weighted by molar-refractivity contribution is 0.0839. The molecule has 1 aliphatic rings. The first-order chi connectivity index (χ1) is 13.7. The van der Waals surface area contributed by atoms with Crippen LogP contribution in [-0.4, -0.2) is 62.9 Å². The maximum atomic E-state index is 13.1. The fourth-order valence-corrected chi connectivity index (χ4v) is 3.64. The number of rotatable bonds is 6. The van der Waals surface area contributed by atoms with Crippen molar-refractivity contribution in [2.24, 2.45) is 5.41 Å². The van der Waals surface area contributed by atoms with Gasteiger partial charge in [-0.25, -0.2) is 4.98 Å². The Bertz CT molecular complexity index is 858. The maximum Gasteiger partial charge on any atom is 0.272 e. The zero-order chi connectivity index (χ0) is 21.2. The van der Waals surface area contributed by atoms with Gasteiger partial charge in [0.15, 0.2) is 5.69 Å². The molecule has 2 heterocycles. The molecule has 1 atom stereocenters. The number of β-amino-alcohol motifs (C(OH)–C–C–N with tert-alkyl or cyclic N) is 1. The summed E-state index contributed by atoms with van der Waals surface area (Å²) in [7, 11) is 0. The highest BCUT2D eigenvalue weighted by Crippen LogP contribution is 2.28. The molecule has 1 aromatic carbocycles. The zero-order valence-electron chi connectivity index (χ0n) is 17.2. The third-order valence-electron chi connectivity index (χ3n) is 5.35. The second kappa shape index (κ2) is 8.83. The number of nitrogens with zero attached hydrogens (tertiary/aromatic N) is 3. The van der Waals surface area contributed by atoms with Crippen LogP contribution in [-0.2, 0) is 13.1 Å². The number of imidazole rings is 1. The second-order valence-corrected chi connectivity index (χ2v) is 8.90. The normalized spacial score (nSPS) is 15.8. The Morgan fingerprint density at radius 2 is 1.93 bits per heavy atom. The van der Waals surface area contributed by atoms with Crippen molar-refractivity contribution in [3.63, 3.8) is 0 Å². The number of fused-ring (bicyclic) bond motifs is 1. The van der Waals surface area contributed by atoms with E-state index in [-0.39, 0.29) is 30.6 Å². The molecule has 0 unspecified atom stereocenters. The third kappa shape index (κ3) is 4.80. The molecule has 2 aromatic rings. The quantitative estimate of drug-likeness (QED) is 0.666. The van der Waals surface area contributed by atoms with Gasteiger partial charge in [-0.05, 0) is 29.7 Å². The van der Waals surface area contributed by atoms with Gasteiger partial charge in [0.1, 0.15) is 5.82 Å². The molecule has 0 fully saturated rings. The van der Waals surface area contributed by atoms with Gasteiger partial charge in [0.25, 0.3) is 5.91 Å². The van der Waals surface area contributed by atoms with Gasteiger partial charge in [-0.2, -0.15) is 0 Å². The summed E-state index contributed by atoms with van der Waals surface area (Å²) in [5.41, 5.74) is 1.78. The fraction of sp³-hybridized carbons (Fsp3) is 0.524. The molecule has 158 valence electrons. The number of benzene rings is 1. The van der Waals surface area contributed by atoms with E-state index in [0.29, 0.717) is 30.4 Å². The molecule has 0 saturated carbocycles. The lowest BCUT2D eigenvalue weighted by Gasteiger charge is -2.30. The first-order valence-corrected chi connectivity index (χ1v) is 10.2. The van der Waals surface area contributed by atoms with Crippen LogP contribution in [0.5, 0.6) is 0 Å². The molecular formula is C21H29ClN4O3. The van der Waals surface area contributed by atoms with Crippen molar-refractivity contribution in [1.82, 2.24) is 19.8 Å². The smallest absolute Gasteiger partial charge is 0.272 e. The number of hydrogen-bond acceptors (Lipinski definition) is 5. The van der Waals surface area contributed by atoms with Crippen LogP contribution < -0.4 is 5.32 Å². The number of hydrogen-bond donors (Lipinski definition) is 3. The van der Waals surface area contributed by atoms with Gasteiger partial charge >= 0.3 is 0 Å². The number of amides is 1. The highest BCUT2D eigenvalue weighted by Gasteiger charge is 2.31. The second-order valence-electron chi connectivity index (χ2n) is 8.46. The summed E-state index contributed by atoms with van der Waals surface area (Å²) in [5, 5.41) is 22.6. The van der Waals surface area contributed by atoms with Crippen molar-refractivity contribution in [2.75, 3.05) is 26.3 Å². The highest BCUT2D eigenvalue weighted by atomic mass is 35.5. The average molecular weight is 421 g/mol. The van der Waals surface area contributed by atoms with Gasteiger partial charge < -0.3 is 20.1 Å². The van der Waals surface area contributed by atoms with Crippen molar-refractivity contribution >= 4 is 17.5 Å². The SMILES string of the molecule is CC(C)(C)[C@@H](CO)NC(=O)c1nc(-c2ccc(Cl)cc2)n2c1CN(CCO)CC2. The van der Waals surface area contributed by atoms with Gasteiger partial charge in [-0.1, -0.05) is 32.4 Å². The van der Waals surface area contributed by atoms with E-state index < -0.39 is 0 Å². The lowest BCUT2D eigenvalue weighted by atomic mass is 9.87. The van der Waals surface area contributed by atoms with Crippen molar-refractivity contribution in [1.29, 1.82) is 0 Å². The van der Waals surface area contributed by atoms with Crippen LogP contribution in [0.25, 0.3) is 11.4 Å². The van der Waals surface area contributed by atoms with Crippen molar-refractivity contribution in [3.8, 4) is 11.4 Å². The van der Waals surface area contributed by atoms with E-state index in [4.69, 9.17) is 16.6 Å². The minimum Gasteiger partial charge on any atom is -0.395 e. The van der Waals surface area contributed by atoms with Crippen LogP contribution in [0.15, 0.2) is 24.3 Å². The number of aliphatic hydroxyl groups excluding tert-OH is 2. The van der Waals surface area contributed by atoms with Crippen LogP contribution in [0.4, 0.5) is 0 Å². The van der Waals surface area contributed by atoms with Gasteiger partial charge in [0.2, 0.25) is 0 Å². The maximum absolute atomic E-state index is 13.1. The molecule has 0 bridgehead atoms. The number of nitrogens with one attached hydrogen (secondary N) is 1. The molecule has 1 amide bonds. The summed E-state index contributed by atoms with van der Waals surface area (Å²) < 4.78 is 2.07. The molecule has 3 N–H and O–H groups in total. The predicted molar refractivity (Wildman–Crippen MR) is 113 cm³/mol. The Kier molecular flexibility index (Phi) is 6.63. The van der Waals surface area contributed by atoms with Crippen molar-refractivity contribution < 1.29 is 15.0 Å². The first-order valence-electron chi connectivity index (χ1n) is 9.85. The summed E-state index contributed by atoms with van der Waals surface area (Å²) in [4.78, 5) is 19.9. The van der Waals surface area contributed by atoms with Gasteiger partial charge in [-0.15, -0.1) is 0 Å². The van der Waals surface area contributed by atoms with E-state index in [0.717, 1.165) is 23.6 Å². The zero-order valence-corrected chi connectivity index (χ0v) is 17.9. The number of aliphatic hydroxyl groups is 2.